The van der Waals surface area contributed by atoms with Gasteiger partial charge in [0.2, 0.25) is 0 Å². The quantitative estimate of drug-likeness (QED) is 0.495. The lowest BCUT2D eigenvalue weighted by molar-refractivity contribution is -0.141. The van der Waals surface area contributed by atoms with Crippen LogP contribution in [0.1, 0.15) is 62.7 Å². The van der Waals surface area contributed by atoms with Crippen LogP contribution in [0.4, 0.5) is 0 Å². The summed E-state index contributed by atoms with van der Waals surface area (Å²) in [5.74, 6) is -0.523. The van der Waals surface area contributed by atoms with Gasteiger partial charge in [0.05, 0.1) is 12.0 Å². The summed E-state index contributed by atoms with van der Waals surface area (Å²) >= 11 is 0. The lowest BCUT2D eigenvalue weighted by atomic mass is 9.93. The summed E-state index contributed by atoms with van der Waals surface area (Å²) in [6, 6.07) is 8.83. The van der Waals surface area contributed by atoms with Crippen LogP contribution in [0.25, 0.3) is 0 Å². The number of benzene rings is 1. The van der Waals surface area contributed by atoms with Gasteiger partial charge in [0.15, 0.2) is 0 Å². The molecule has 1 aliphatic heterocycles. The molecule has 3 rings (SSSR count). The van der Waals surface area contributed by atoms with Crippen LogP contribution in [0, 0.1) is 11.8 Å². The molecule has 1 saturated heterocycles. The van der Waals surface area contributed by atoms with E-state index in [1.807, 2.05) is 19.1 Å². The van der Waals surface area contributed by atoms with Crippen LogP contribution in [0.15, 0.2) is 42.0 Å². The van der Waals surface area contributed by atoms with E-state index in [-0.39, 0.29) is 36.1 Å². The third-order valence-corrected chi connectivity index (χ3v) is 5.70. The summed E-state index contributed by atoms with van der Waals surface area (Å²) in [6.07, 6.45) is 5.20. The number of rotatable bonds is 8. The molecule has 1 aliphatic carbocycles. The van der Waals surface area contributed by atoms with Crippen LogP contribution >= 0.6 is 0 Å². The van der Waals surface area contributed by atoms with Crippen molar-refractivity contribution < 1.29 is 23.9 Å². The van der Waals surface area contributed by atoms with Crippen LogP contribution < -0.4 is 0 Å². The molecule has 2 aliphatic rings. The lowest BCUT2D eigenvalue weighted by Gasteiger charge is -2.16. The Hall–Kier alpha value is -2.43. The summed E-state index contributed by atoms with van der Waals surface area (Å²) in [4.78, 5) is 36.6. The third kappa shape index (κ3) is 4.70. The van der Waals surface area contributed by atoms with E-state index in [2.05, 4.69) is 6.92 Å². The van der Waals surface area contributed by atoms with Gasteiger partial charge in [-0.15, -0.1) is 0 Å². The molecule has 0 spiro atoms. The Morgan fingerprint density at radius 3 is 2.75 bits per heavy atom. The van der Waals surface area contributed by atoms with Crippen LogP contribution in [-0.2, 0) is 19.1 Å². The second-order valence-corrected chi connectivity index (χ2v) is 7.75. The molecule has 1 heterocycles. The first-order valence-corrected chi connectivity index (χ1v) is 10.2. The highest BCUT2D eigenvalue weighted by atomic mass is 16.6. The van der Waals surface area contributed by atoms with Crippen LogP contribution in [0.5, 0.6) is 0 Å². The molecule has 0 radical (unpaired) electrons. The summed E-state index contributed by atoms with van der Waals surface area (Å²) in [7, 11) is 0. The highest BCUT2D eigenvalue weighted by Gasteiger charge is 2.48. The molecule has 5 heteroatoms. The lowest BCUT2D eigenvalue weighted by Crippen LogP contribution is -2.20. The summed E-state index contributed by atoms with van der Waals surface area (Å²) in [5.41, 5.74) is 1.34. The summed E-state index contributed by atoms with van der Waals surface area (Å²) in [5, 5.41) is 0. The van der Waals surface area contributed by atoms with Crippen molar-refractivity contribution in [2.24, 2.45) is 11.8 Å². The van der Waals surface area contributed by atoms with Gasteiger partial charge in [0.1, 0.15) is 18.0 Å². The van der Waals surface area contributed by atoms with E-state index in [1.54, 1.807) is 24.3 Å². The highest BCUT2D eigenvalue weighted by Crippen LogP contribution is 2.42. The van der Waals surface area contributed by atoms with Crippen molar-refractivity contribution in [1.29, 1.82) is 0 Å². The number of ketones is 1. The number of unbranched alkanes of at least 4 members (excludes halogenated alkanes) is 1. The Morgan fingerprint density at radius 2 is 2.04 bits per heavy atom. The molecule has 28 heavy (non-hydrogen) atoms. The minimum atomic E-state index is -0.449. The summed E-state index contributed by atoms with van der Waals surface area (Å²) in [6.45, 7) is 4.07. The van der Waals surface area contributed by atoms with E-state index < -0.39 is 12.1 Å². The Balaban J connectivity index is 1.71. The van der Waals surface area contributed by atoms with Crippen LogP contribution in [0.2, 0.25) is 0 Å². The number of allylic oxidation sites excluding steroid dienone is 1. The average Bonchev–Trinajstić information content (AvgIpc) is 3.20. The third-order valence-electron chi connectivity index (χ3n) is 5.70. The van der Waals surface area contributed by atoms with Crippen molar-refractivity contribution in [2.75, 3.05) is 0 Å². The highest BCUT2D eigenvalue weighted by molar-refractivity contribution is 5.89. The zero-order valence-electron chi connectivity index (χ0n) is 16.6. The number of hydrogen-bond acceptors (Lipinski definition) is 5. The molecule has 0 bridgehead atoms. The van der Waals surface area contributed by atoms with Crippen molar-refractivity contribution in [3.8, 4) is 0 Å². The smallest absolute Gasteiger partial charge is 0.338 e. The number of esters is 2. The molecule has 1 aromatic rings. The van der Waals surface area contributed by atoms with Crippen LogP contribution in [-0.4, -0.2) is 29.9 Å². The monoisotopic (exact) mass is 384 g/mol. The van der Waals surface area contributed by atoms with E-state index in [0.29, 0.717) is 18.4 Å². The largest absolute Gasteiger partial charge is 0.462 e. The minimum Gasteiger partial charge on any atom is -0.462 e. The zero-order valence-corrected chi connectivity index (χ0v) is 16.6. The van der Waals surface area contributed by atoms with Gasteiger partial charge in [-0.25, -0.2) is 4.79 Å². The number of hydrogen-bond donors (Lipinski definition) is 0. The van der Waals surface area contributed by atoms with Gasteiger partial charge in [-0.05, 0) is 24.1 Å². The fraction of sp³-hybridized carbons (Fsp3) is 0.522. The first-order valence-electron chi connectivity index (χ1n) is 10.2. The molecule has 4 unspecified atom stereocenters. The Labute approximate surface area is 166 Å². The molecule has 150 valence electrons. The molecule has 0 aromatic heterocycles. The zero-order chi connectivity index (χ0) is 20.1. The number of carbonyl (C=O) groups excluding carboxylic acids is 3. The molecule has 5 nitrogen and oxygen atoms in total. The fourth-order valence-corrected chi connectivity index (χ4v) is 4.00. The predicted octanol–water partition coefficient (Wildman–Crippen LogP) is 4.26. The molecule has 1 aromatic carbocycles. The van der Waals surface area contributed by atoms with Crippen molar-refractivity contribution >= 4 is 17.7 Å². The van der Waals surface area contributed by atoms with Gasteiger partial charge in [-0.2, -0.15) is 0 Å². The Kier molecular flexibility index (Phi) is 6.65. The average molecular weight is 384 g/mol. The maximum atomic E-state index is 12.5. The number of Topliss-reactive ketones (excluding diaryl/α,β-unsaturated/α-hetero) is 1. The van der Waals surface area contributed by atoms with Crippen molar-refractivity contribution in [3.63, 3.8) is 0 Å². The van der Waals surface area contributed by atoms with E-state index in [9.17, 15) is 14.4 Å². The minimum absolute atomic E-state index is 0.0146. The maximum Gasteiger partial charge on any atom is 0.338 e. The standard InChI is InChI=1S/C23H28O5/c1-3-4-8-15(2)19(24)12-11-17-18-13-22(25)27-21(18)14-20(17)28-23(26)16-9-6-5-7-10-16/h5-7,9-11,15,18,20-21H,3-4,8,12-14H2,1-2H3. The molecule has 1 saturated carbocycles. The predicted molar refractivity (Wildman–Crippen MR) is 105 cm³/mol. The Bertz CT molecular complexity index is 752. The molecule has 4 atom stereocenters. The molecule has 0 N–H and O–H groups in total. The molecule has 2 fully saturated rings. The van der Waals surface area contributed by atoms with Crippen LogP contribution in [0.3, 0.4) is 0 Å². The van der Waals surface area contributed by atoms with Crippen molar-refractivity contribution in [3.05, 3.63) is 47.5 Å². The van der Waals surface area contributed by atoms with E-state index in [1.165, 1.54) is 0 Å². The maximum absolute atomic E-state index is 12.5. The van der Waals surface area contributed by atoms with Gasteiger partial charge < -0.3 is 9.47 Å². The fourth-order valence-electron chi connectivity index (χ4n) is 4.00. The molecular formula is C23H28O5. The second kappa shape index (κ2) is 9.18. The van der Waals surface area contributed by atoms with E-state index in [4.69, 9.17) is 9.47 Å². The first-order chi connectivity index (χ1) is 13.5. The number of ether oxygens (including phenoxy) is 2. The van der Waals surface area contributed by atoms with Crippen molar-refractivity contribution in [1.82, 2.24) is 0 Å². The van der Waals surface area contributed by atoms with Gasteiger partial charge >= 0.3 is 11.9 Å². The number of fused-ring (bicyclic) bond motifs is 1. The van der Waals surface area contributed by atoms with Gasteiger partial charge in [-0.1, -0.05) is 51.0 Å². The second-order valence-electron chi connectivity index (χ2n) is 7.75. The molecule has 0 amide bonds. The number of carbonyl (C=O) groups is 3. The van der Waals surface area contributed by atoms with E-state index in [0.717, 1.165) is 24.8 Å². The van der Waals surface area contributed by atoms with Gasteiger partial charge in [0, 0.05) is 24.7 Å². The first kappa shape index (κ1) is 20.3. The van der Waals surface area contributed by atoms with Gasteiger partial charge in [-0.3, -0.25) is 9.59 Å². The van der Waals surface area contributed by atoms with E-state index >= 15 is 0 Å². The topological polar surface area (TPSA) is 69.7 Å². The Morgan fingerprint density at radius 1 is 1.29 bits per heavy atom. The normalized spacial score (nSPS) is 26.0. The van der Waals surface area contributed by atoms with Gasteiger partial charge in [0.25, 0.3) is 0 Å². The molecular weight excluding hydrogens is 356 g/mol. The SMILES string of the molecule is CCCCC(C)C(=O)CC=C1C(OC(=O)c2ccccc2)CC2OC(=O)CC12. The van der Waals surface area contributed by atoms with Crippen molar-refractivity contribution in [2.45, 2.75) is 64.6 Å². The summed E-state index contributed by atoms with van der Waals surface area (Å²) < 4.78 is 11.1.